The summed E-state index contributed by atoms with van der Waals surface area (Å²) in [5.74, 6) is 0. The molecule has 1 heterocycles. The number of cyclic esters (lactones) is 1. The molecule has 1 atom stereocenters. The summed E-state index contributed by atoms with van der Waals surface area (Å²) >= 11 is 0. The molecular weight excluding hydrogens is 204 g/mol. The van der Waals surface area contributed by atoms with Crippen LogP contribution in [0.2, 0.25) is 0 Å². The monoisotopic (exact) mass is 220 g/mol. The molecule has 1 aromatic rings. The number of anilines is 1. The quantitative estimate of drug-likeness (QED) is 0.777. The first-order valence-corrected chi connectivity index (χ1v) is 5.51. The number of carbonyl (C=O) groups excluding carboxylic acids is 1. The molecule has 1 aromatic carbocycles. The van der Waals surface area contributed by atoms with Crippen molar-refractivity contribution in [1.29, 1.82) is 0 Å². The molecule has 2 rings (SSSR count). The van der Waals surface area contributed by atoms with Crippen molar-refractivity contribution in [2.24, 2.45) is 0 Å². The predicted molar refractivity (Wildman–Crippen MR) is 61.9 cm³/mol. The van der Waals surface area contributed by atoms with Gasteiger partial charge in [0.2, 0.25) is 0 Å². The Bertz CT molecular complexity index is 392. The number of hydrogen-bond donors (Lipinski definition) is 1. The van der Waals surface area contributed by atoms with Crippen LogP contribution in [0.25, 0.3) is 0 Å². The molecule has 1 aliphatic rings. The van der Waals surface area contributed by atoms with E-state index in [1.165, 1.54) is 0 Å². The van der Waals surface area contributed by atoms with Crippen LogP contribution < -0.4 is 5.73 Å². The molecule has 0 aromatic heterocycles. The van der Waals surface area contributed by atoms with E-state index in [4.69, 9.17) is 10.5 Å². The minimum Gasteiger partial charge on any atom is -0.441 e. The Hall–Kier alpha value is -1.71. The number of nitrogen functional groups attached to an aromatic ring is 1. The fraction of sp³-hybridized carbons (Fsp3) is 0.417. The molecular formula is C12H16N2O2. The highest BCUT2D eigenvalue weighted by molar-refractivity contribution is 5.68. The van der Waals surface area contributed by atoms with Crippen molar-refractivity contribution in [3.63, 3.8) is 0 Å². The van der Waals surface area contributed by atoms with Crippen LogP contribution in [0.1, 0.15) is 25.0 Å². The lowest BCUT2D eigenvalue weighted by Gasteiger charge is -2.31. The van der Waals surface area contributed by atoms with Gasteiger partial charge in [-0.1, -0.05) is 12.1 Å². The predicted octanol–water partition coefficient (Wildman–Crippen LogP) is 2.17. The molecule has 1 amide bonds. The van der Waals surface area contributed by atoms with Gasteiger partial charge in [0.25, 0.3) is 0 Å². The lowest BCUT2D eigenvalue weighted by atomic mass is 10.0. The van der Waals surface area contributed by atoms with Gasteiger partial charge in [0.15, 0.2) is 0 Å². The fourth-order valence-electron chi connectivity index (χ4n) is 1.90. The first-order chi connectivity index (χ1) is 7.70. The molecule has 1 fully saturated rings. The van der Waals surface area contributed by atoms with Gasteiger partial charge in [-0.15, -0.1) is 0 Å². The van der Waals surface area contributed by atoms with Crippen LogP contribution in [0.4, 0.5) is 10.5 Å². The van der Waals surface area contributed by atoms with Crippen molar-refractivity contribution in [3.05, 3.63) is 29.8 Å². The van der Waals surface area contributed by atoms with Gasteiger partial charge in [-0.3, -0.25) is 0 Å². The number of ether oxygens (including phenoxy) is 1. The zero-order chi connectivity index (χ0) is 11.5. The lowest BCUT2D eigenvalue weighted by Crippen LogP contribution is -2.38. The average Bonchev–Trinajstić information content (AvgIpc) is 2.29. The molecule has 0 bridgehead atoms. The molecule has 0 saturated carbocycles. The Morgan fingerprint density at radius 3 is 3.00 bits per heavy atom. The first-order valence-electron chi connectivity index (χ1n) is 5.51. The second kappa shape index (κ2) is 4.43. The van der Waals surface area contributed by atoms with Gasteiger partial charge in [-0.2, -0.15) is 0 Å². The van der Waals surface area contributed by atoms with Crippen LogP contribution in [-0.4, -0.2) is 24.1 Å². The zero-order valence-corrected chi connectivity index (χ0v) is 9.35. The van der Waals surface area contributed by atoms with Crippen LogP contribution in [0.5, 0.6) is 0 Å². The largest absolute Gasteiger partial charge is 0.441 e. The zero-order valence-electron chi connectivity index (χ0n) is 9.35. The molecule has 2 N–H and O–H groups in total. The standard InChI is InChI=1S/C12H16N2O2/c1-2-14-7-6-11(16-12(14)15)9-4-3-5-10(13)8-9/h3-5,8,11H,2,6-7,13H2,1H3. The topological polar surface area (TPSA) is 55.6 Å². The van der Waals surface area contributed by atoms with Crippen molar-refractivity contribution in [2.75, 3.05) is 18.8 Å². The van der Waals surface area contributed by atoms with Gasteiger partial charge < -0.3 is 15.4 Å². The normalized spacial score (nSPS) is 20.7. The van der Waals surface area contributed by atoms with E-state index >= 15 is 0 Å². The number of nitrogens with two attached hydrogens (primary N) is 1. The summed E-state index contributed by atoms with van der Waals surface area (Å²) in [5, 5.41) is 0. The number of rotatable bonds is 2. The third kappa shape index (κ3) is 2.10. The van der Waals surface area contributed by atoms with Gasteiger partial charge >= 0.3 is 6.09 Å². The summed E-state index contributed by atoms with van der Waals surface area (Å²) in [6, 6.07) is 7.51. The van der Waals surface area contributed by atoms with E-state index in [0.29, 0.717) is 12.2 Å². The molecule has 1 saturated heterocycles. The Morgan fingerprint density at radius 2 is 2.38 bits per heavy atom. The Kier molecular flexibility index (Phi) is 2.99. The lowest BCUT2D eigenvalue weighted by molar-refractivity contribution is 0.0260. The Balaban J connectivity index is 2.10. The second-order valence-corrected chi connectivity index (χ2v) is 3.91. The smallest absolute Gasteiger partial charge is 0.410 e. The average molecular weight is 220 g/mol. The first kappa shape index (κ1) is 10.8. The Labute approximate surface area is 95.0 Å². The van der Waals surface area contributed by atoms with Crippen LogP contribution in [0.15, 0.2) is 24.3 Å². The molecule has 0 radical (unpaired) electrons. The van der Waals surface area contributed by atoms with Crippen molar-refractivity contribution in [1.82, 2.24) is 4.90 Å². The molecule has 4 nitrogen and oxygen atoms in total. The van der Waals surface area contributed by atoms with Crippen LogP contribution >= 0.6 is 0 Å². The SMILES string of the molecule is CCN1CCC(c2cccc(N)c2)OC1=O. The molecule has 16 heavy (non-hydrogen) atoms. The van der Waals surface area contributed by atoms with E-state index in [0.717, 1.165) is 18.5 Å². The van der Waals surface area contributed by atoms with Gasteiger partial charge in [-0.05, 0) is 24.6 Å². The summed E-state index contributed by atoms with van der Waals surface area (Å²) in [7, 11) is 0. The molecule has 4 heteroatoms. The molecule has 86 valence electrons. The van der Waals surface area contributed by atoms with E-state index in [2.05, 4.69) is 0 Å². The van der Waals surface area contributed by atoms with Crippen LogP contribution in [-0.2, 0) is 4.74 Å². The van der Waals surface area contributed by atoms with E-state index < -0.39 is 0 Å². The second-order valence-electron chi connectivity index (χ2n) is 3.91. The van der Waals surface area contributed by atoms with E-state index in [9.17, 15) is 4.79 Å². The molecule has 0 spiro atoms. The van der Waals surface area contributed by atoms with Crippen molar-refractivity contribution < 1.29 is 9.53 Å². The number of nitrogens with zero attached hydrogens (tertiary/aromatic N) is 1. The number of hydrogen-bond acceptors (Lipinski definition) is 3. The van der Waals surface area contributed by atoms with Gasteiger partial charge in [0.1, 0.15) is 6.10 Å². The highest BCUT2D eigenvalue weighted by Gasteiger charge is 2.26. The Morgan fingerprint density at radius 1 is 1.56 bits per heavy atom. The summed E-state index contributed by atoms with van der Waals surface area (Å²) in [6.07, 6.45) is 0.434. The van der Waals surface area contributed by atoms with E-state index in [1.54, 1.807) is 4.90 Å². The number of carbonyl (C=O) groups is 1. The molecule has 0 aliphatic carbocycles. The third-order valence-corrected chi connectivity index (χ3v) is 2.83. The highest BCUT2D eigenvalue weighted by atomic mass is 16.6. The minimum atomic E-state index is -0.235. The summed E-state index contributed by atoms with van der Waals surface area (Å²) in [6.45, 7) is 3.39. The maximum atomic E-state index is 11.6. The minimum absolute atomic E-state index is 0.154. The molecule has 1 aliphatic heterocycles. The number of amides is 1. The summed E-state index contributed by atoms with van der Waals surface area (Å²) in [4.78, 5) is 13.3. The van der Waals surface area contributed by atoms with Crippen LogP contribution in [0.3, 0.4) is 0 Å². The third-order valence-electron chi connectivity index (χ3n) is 2.83. The maximum absolute atomic E-state index is 11.6. The van der Waals surface area contributed by atoms with E-state index in [-0.39, 0.29) is 12.2 Å². The summed E-state index contributed by atoms with van der Waals surface area (Å²) < 4.78 is 5.36. The van der Waals surface area contributed by atoms with Crippen molar-refractivity contribution >= 4 is 11.8 Å². The van der Waals surface area contributed by atoms with Gasteiger partial charge in [-0.25, -0.2) is 4.79 Å². The van der Waals surface area contributed by atoms with Crippen molar-refractivity contribution in [3.8, 4) is 0 Å². The van der Waals surface area contributed by atoms with E-state index in [1.807, 2.05) is 31.2 Å². The van der Waals surface area contributed by atoms with Crippen LogP contribution in [0, 0.1) is 0 Å². The van der Waals surface area contributed by atoms with Crippen molar-refractivity contribution in [2.45, 2.75) is 19.4 Å². The fourth-order valence-corrected chi connectivity index (χ4v) is 1.90. The highest BCUT2D eigenvalue weighted by Crippen LogP contribution is 2.27. The van der Waals surface area contributed by atoms with Gasteiger partial charge in [0.05, 0.1) is 0 Å². The maximum Gasteiger partial charge on any atom is 0.410 e. The number of benzene rings is 1. The van der Waals surface area contributed by atoms with Gasteiger partial charge in [0, 0.05) is 25.2 Å². The molecule has 1 unspecified atom stereocenters. The summed E-state index contributed by atoms with van der Waals surface area (Å²) in [5.41, 5.74) is 7.38.